The van der Waals surface area contributed by atoms with Crippen molar-refractivity contribution in [2.24, 2.45) is 7.05 Å². The molecule has 3 rings (SSSR count). The Hall–Kier alpha value is -2.06. The van der Waals surface area contributed by atoms with Crippen LogP contribution in [0.1, 0.15) is 13.8 Å². The molecule has 2 amide bonds. The van der Waals surface area contributed by atoms with Gasteiger partial charge in [0.1, 0.15) is 0 Å². The summed E-state index contributed by atoms with van der Waals surface area (Å²) >= 11 is 0. The Morgan fingerprint density at radius 1 is 1.12 bits per heavy atom. The molecule has 0 aliphatic carbocycles. The van der Waals surface area contributed by atoms with E-state index >= 15 is 0 Å². The number of nitrogens with zero attached hydrogens (tertiary/aromatic N) is 3. The van der Waals surface area contributed by atoms with Gasteiger partial charge in [-0.2, -0.15) is 4.31 Å². The lowest BCUT2D eigenvalue weighted by Gasteiger charge is -2.34. The molecule has 1 N–H and O–H groups in total. The lowest BCUT2D eigenvalue weighted by molar-refractivity contribution is 0.170. The molecule has 1 aliphatic rings. The number of carbonyl (C=O) groups is 1. The number of nitrogens with one attached hydrogen (secondary N) is 1. The van der Waals surface area contributed by atoms with Crippen LogP contribution in [-0.2, 0) is 17.1 Å². The summed E-state index contributed by atoms with van der Waals surface area (Å²) in [4.78, 5) is 14.0. The minimum absolute atomic E-state index is 0.0619. The summed E-state index contributed by atoms with van der Waals surface area (Å²) in [5.41, 5.74) is 0.995. The largest absolute Gasteiger partial charge is 0.351 e. The molecule has 0 saturated carbocycles. The van der Waals surface area contributed by atoms with Crippen LogP contribution in [0.5, 0.6) is 0 Å². The smallest absolute Gasteiger partial charge is 0.317 e. The molecular weight excluding hydrogens is 340 g/mol. The third kappa shape index (κ3) is 3.50. The van der Waals surface area contributed by atoms with Crippen molar-refractivity contribution in [3.8, 4) is 0 Å². The first kappa shape index (κ1) is 17.8. The van der Waals surface area contributed by atoms with Gasteiger partial charge in [-0.3, -0.25) is 0 Å². The van der Waals surface area contributed by atoms with E-state index in [1.54, 1.807) is 17.0 Å². The summed E-state index contributed by atoms with van der Waals surface area (Å²) in [6, 6.07) is 7.01. The zero-order valence-corrected chi connectivity index (χ0v) is 15.6. The number of fused-ring (bicyclic) bond motifs is 1. The van der Waals surface area contributed by atoms with Crippen molar-refractivity contribution in [3.63, 3.8) is 0 Å². The monoisotopic (exact) mass is 364 g/mol. The number of amides is 2. The Morgan fingerprint density at radius 2 is 1.80 bits per heavy atom. The van der Waals surface area contributed by atoms with E-state index < -0.39 is 10.0 Å². The van der Waals surface area contributed by atoms with Gasteiger partial charge in [0.2, 0.25) is 10.0 Å². The van der Waals surface area contributed by atoms with Crippen molar-refractivity contribution in [1.29, 1.82) is 0 Å². The topological polar surface area (TPSA) is 74.7 Å². The Labute approximate surface area is 148 Å². The normalized spacial score (nSPS) is 16.6. The molecule has 1 aromatic carbocycles. The van der Waals surface area contributed by atoms with Crippen molar-refractivity contribution in [2.75, 3.05) is 26.2 Å². The average molecular weight is 364 g/mol. The van der Waals surface area contributed by atoms with E-state index in [2.05, 4.69) is 5.32 Å². The predicted octanol–water partition coefficient (Wildman–Crippen LogP) is 1.60. The molecule has 2 aromatic rings. The van der Waals surface area contributed by atoms with Crippen LogP contribution in [0.25, 0.3) is 10.9 Å². The molecule has 1 aliphatic heterocycles. The van der Waals surface area contributed by atoms with Gasteiger partial charge >= 0.3 is 6.03 Å². The first-order valence-electron chi connectivity index (χ1n) is 8.40. The van der Waals surface area contributed by atoms with Gasteiger partial charge in [-0.15, -0.1) is 0 Å². The second kappa shape index (κ2) is 6.68. The van der Waals surface area contributed by atoms with Crippen LogP contribution in [0, 0.1) is 0 Å². The van der Waals surface area contributed by atoms with Gasteiger partial charge in [0.05, 0.1) is 4.90 Å². The van der Waals surface area contributed by atoms with Crippen molar-refractivity contribution < 1.29 is 13.2 Å². The second-order valence-electron chi connectivity index (χ2n) is 6.64. The van der Waals surface area contributed by atoms with E-state index in [4.69, 9.17) is 0 Å². The minimum Gasteiger partial charge on any atom is -0.351 e. The molecular formula is C17H24N4O3S. The maximum atomic E-state index is 12.9. The van der Waals surface area contributed by atoms with E-state index in [9.17, 15) is 13.2 Å². The highest BCUT2D eigenvalue weighted by Crippen LogP contribution is 2.23. The van der Waals surface area contributed by atoms with Gasteiger partial charge in [0.25, 0.3) is 0 Å². The molecule has 0 unspecified atom stereocenters. The van der Waals surface area contributed by atoms with Crippen LogP contribution in [0.3, 0.4) is 0 Å². The third-order valence-electron chi connectivity index (χ3n) is 4.43. The number of benzene rings is 1. The van der Waals surface area contributed by atoms with Crippen LogP contribution in [-0.4, -0.2) is 60.4 Å². The maximum absolute atomic E-state index is 12.9. The first-order chi connectivity index (χ1) is 11.8. The molecule has 1 fully saturated rings. The van der Waals surface area contributed by atoms with Crippen molar-refractivity contribution in [1.82, 2.24) is 19.1 Å². The Balaban J connectivity index is 1.73. The highest BCUT2D eigenvalue weighted by atomic mass is 32.2. The van der Waals surface area contributed by atoms with Gasteiger partial charge in [-0.1, -0.05) is 0 Å². The summed E-state index contributed by atoms with van der Waals surface area (Å²) in [5, 5.41) is 3.74. The number of aryl methyl sites for hydroxylation is 1. The fourth-order valence-electron chi connectivity index (χ4n) is 3.04. The molecule has 0 bridgehead atoms. The van der Waals surface area contributed by atoms with Crippen molar-refractivity contribution in [3.05, 3.63) is 30.5 Å². The number of hydrogen-bond donors (Lipinski definition) is 1. The number of rotatable bonds is 3. The molecule has 8 heteroatoms. The van der Waals surface area contributed by atoms with E-state index in [1.165, 1.54) is 4.31 Å². The van der Waals surface area contributed by atoms with Crippen LogP contribution >= 0.6 is 0 Å². The van der Waals surface area contributed by atoms with Crippen molar-refractivity contribution >= 4 is 27.0 Å². The third-order valence-corrected chi connectivity index (χ3v) is 6.33. The summed E-state index contributed by atoms with van der Waals surface area (Å²) in [7, 11) is -1.62. The molecule has 1 saturated heterocycles. The number of piperazine rings is 1. The molecule has 1 aromatic heterocycles. The fourth-order valence-corrected chi connectivity index (χ4v) is 4.50. The van der Waals surface area contributed by atoms with Gasteiger partial charge in [0, 0.05) is 56.4 Å². The van der Waals surface area contributed by atoms with Gasteiger partial charge in [-0.05, 0) is 38.1 Å². The van der Waals surface area contributed by atoms with Crippen LogP contribution in [0.4, 0.5) is 4.79 Å². The quantitative estimate of drug-likeness (QED) is 0.899. The van der Waals surface area contributed by atoms with E-state index in [-0.39, 0.29) is 12.1 Å². The lowest BCUT2D eigenvalue weighted by Crippen LogP contribution is -2.53. The van der Waals surface area contributed by atoms with Gasteiger partial charge in [0.15, 0.2) is 0 Å². The average Bonchev–Trinajstić information content (AvgIpc) is 2.95. The molecule has 136 valence electrons. The summed E-state index contributed by atoms with van der Waals surface area (Å²) < 4.78 is 29.2. The lowest BCUT2D eigenvalue weighted by atomic mass is 10.2. The minimum atomic E-state index is -3.55. The highest BCUT2D eigenvalue weighted by molar-refractivity contribution is 7.89. The first-order valence-corrected chi connectivity index (χ1v) is 9.84. The summed E-state index contributed by atoms with van der Waals surface area (Å²) in [5.74, 6) is 0. The Kier molecular flexibility index (Phi) is 4.75. The van der Waals surface area contributed by atoms with Gasteiger partial charge in [-0.25, -0.2) is 13.2 Å². The zero-order chi connectivity index (χ0) is 18.2. The van der Waals surface area contributed by atoms with Crippen LogP contribution in [0.15, 0.2) is 35.4 Å². The van der Waals surface area contributed by atoms with Crippen molar-refractivity contribution in [2.45, 2.75) is 24.8 Å². The summed E-state index contributed by atoms with van der Waals surface area (Å²) in [6.45, 7) is 5.20. The SMILES string of the molecule is CC(C)NC(=O)N1CCN(S(=O)(=O)c2ccc3c(ccn3C)c2)CC1. The van der Waals surface area contributed by atoms with Gasteiger partial charge < -0.3 is 14.8 Å². The number of hydrogen-bond acceptors (Lipinski definition) is 3. The van der Waals surface area contributed by atoms with E-state index in [0.29, 0.717) is 31.1 Å². The number of urea groups is 1. The number of carbonyl (C=O) groups excluding carboxylic acids is 1. The number of aromatic nitrogens is 1. The maximum Gasteiger partial charge on any atom is 0.317 e. The molecule has 25 heavy (non-hydrogen) atoms. The van der Waals surface area contributed by atoms with E-state index in [1.807, 2.05) is 43.8 Å². The molecule has 0 atom stereocenters. The molecule has 0 spiro atoms. The Morgan fingerprint density at radius 3 is 2.44 bits per heavy atom. The van der Waals surface area contributed by atoms with E-state index in [0.717, 1.165) is 10.9 Å². The summed E-state index contributed by atoms with van der Waals surface area (Å²) in [6.07, 6.45) is 1.91. The molecule has 7 nitrogen and oxygen atoms in total. The van der Waals surface area contributed by atoms with Crippen LogP contribution < -0.4 is 5.32 Å². The zero-order valence-electron chi connectivity index (χ0n) is 14.8. The standard InChI is InChI=1S/C17H24N4O3S/c1-13(2)18-17(22)20-8-10-21(11-9-20)25(23,24)15-4-5-16-14(12-15)6-7-19(16)3/h4-7,12-13H,8-11H2,1-3H3,(H,18,22). The second-order valence-corrected chi connectivity index (χ2v) is 8.58. The Bertz CT molecular complexity index is 880. The fraction of sp³-hybridized carbons (Fsp3) is 0.471. The predicted molar refractivity (Wildman–Crippen MR) is 96.9 cm³/mol. The molecule has 0 radical (unpaired) electrons. The molecule has 2 heterocycles. The van der Waals surface area contributed by atoms with Crippen LogP contribution in [0.2, 0.25) is 0 Å². The number of sulfonamides is 1. The highest BCUT2D eigenvalue weighted by Gasteiger charge is 2.30.